The minimum Gasteiger partial charge on any atom is -0.406 e. The van der Waals surface area contributed by atoms with Gasteiger partial charge in [0.25, 0.3) is 0 Å². The number of halogens is 3. The molecule has 0 radical (unpaired) electrons. The van der Waals surface area contributed by atoms with Crippen molar-refractivity contribution in [2.75, 3.05) is 0 Å². The average Bonchev–Trinajstić information content (AvgIpc) is 2.22. The topological polar surface area (TPSA) is 29.5 Å². The molecule has 0 bridgehead atoms. The predicted molar refractivity (Wildman–Crippen MR) is 64.7 cm³/mol. The van der Waals surface area contributed by atoms with Gasteiger partial charge in [-0.05, 0) is 37.0 Å². The molecule has 0 aromatic heterocycles. The van der Waals surface area contributed by atoms with E-state index in [1.165, 1.54) is 18.2 Å². The Hall–Kier alpha value is -1.23. The Morgan fingerprint density at radius 1 is 1.32 bits per heavy atom. The summed E-state index contributed by atoms with van der Waals surface area (Å²) in [5.74, 6) is 0.168. The van der Waals surface area contributed by atoms with E-state index in [0.717, 1.165) is 19.3 Å². The fourth-order valence-corrected chi connectivity index (χ4v) is 2.41. The van der Waals surface area contributed by atoms with Crippen LogP contribution in [0.5, 0.6) is 5.75 Å². The van der Waals surface area contributed by atoms with E-state index >= 15 is 0 Å². The van der Waals surface area contributed by atoms with Crippen LogP contribution in [0.2, 0.25) is 0 Å². The molecular weight excluding hydrogens is 257 g/mol. The largest absolute Gasteiger partial charge is 0.573 e. The highest BCUT2D eigenvalue weighted by Gasteiger charge is 2.33. The fraction of sp³-hybridized carbons (Fsp3) is 0.571. The first-order valence-corrected chi connectivity index (χ1v) is 6.35. The molecular formula is C14H17F3O2. The summed E-state index contributed by atoms with van der Waals surface area (Å²) < 4.78 is 40.3. The highest BCUT2D eigenvalue weighted by atomic mass is 19.4. The molecule has 5 heteroatoms. The highest BCUT2D eigenvalue weighted by molar-refractivity contribution is 5.32. The Kier molecular flexibility index (Phi) is 3.76. The molecule has 1 aromatic rings. The van der Waals surface area contributed by atoms with Gasteiger partial charge in [-0.2, -0.15) is 0 Å². The van der Waals surface area contributed by atoms with Gasteiger partial charge in [-0.1, -0.05) is 31.4 Å². The Morgan fingerprint density at radius 3 is 2.53 bits per heavy atom. The third-order valence-corrected chi connectivity index (χ3v) is 3.60. The smallest absolute Gasteiger partial charge is 0.406 e. The summed E-state index contributed by atoms with van der Waals surface area (Å²) in [5.41, 5.74) is -0.656. The number of hydrogen-bond acceptors (Lipinski definition) is 2. The van der Waals surface area contributed by atoms with Crippen LogP contribution in [0.15, 0.2) is 24.3 Å². The number of alkyl halides is 3. The summed E-state index contributed by atoms with van der Waals surface area (Å²) in [7, 11) is 0. The maximum atomic E-state index is 12.2. The van der Waals surface area contributed by atoms with Crippen LogP contribution in [0.25, 0.3) is 0 Å². The van der Waals surface area contributed by atoms with Crippen molar-refractivity contribution in [2.24, 2.45) is 5.92 Å². The van der Waals surface area contributed by atoms with Gasteiger partial charge in [-0.3, -0.25) is 0 Å². The van der Waals surface area contributed by atoms with Gasteiger partial charge in [0, 0.05) is 0 Å². The fourth-order valence-electron chi connectivity index (χ4n) is 2.41. The molecule has 1 aliphatic carbocycles. The zero-order valence-electron chi connectivity index (χ0n) is 10.7. The molecule has 0 saturated heterocycles. The number of ether oxygens (including phenoxy) is 1. The molecule has 0 amide bonds. The van der Waals surface area contributed by atoms with Crippen LogP contribution in [0.3, 0.4) is 0 Å². The zero-order valence-corrected chi connectivity index (χ0v) is 10.7. The molecule has 1 aliphatic rings. The lowest BCUT2D eigenvalue weighted by Gasteiger charge is -2.33. The van der Waals surface area contributed by atoms with Crippen molar-refractivity contribution in [3.63, 3.8) is 0 Å². The van der Waals surface area contributed by atoms with Gasteiger partial charge < -0.3 is 9.84 Å². The summed E-state index contributed by atoms with van der Waals surface area (Å²) in [4.78, 5) is 0. The van der Waals surface area contributed by atoms with Crippen LogP contribution in [0.1, 0.15) is 38.2 Å². The van der Waals surface area contributed by atoms with Crippen molar-refractivity contribution in [3.8, 4) is 5.75 Å². The lowest BCUT2D eigenvalue weighted by Crippen LogP contribution is -2.28. The molecule has 0 aliphatic heterocycles. The molecule has 0 heterocycles. The van der Waals surface area contributed by atoms with Gasteiger partial charge in [-0.15, -0.1) is 13.2 Å². The SMILES string of the molecule is CC(O)(CC1CCC1)c1cccc(OC(F)(F)F)c1. The van der Waals surface area contributed by atoms with Gasteiger partial charge >= 0.3 is 6.36 Å². The maximum Gasteiger partial charge on any atom is 0.573 e. The number of benzene rings is 1. The Morgan fingerprint density at radius 2 is 2.00 bits per heavy atom. The van der Waals surface area contributed by atoms with Crippen LogP contribution >= 0.6 is 0 Å². The number of aliphatic hydroxyl groups is 1. The lowest BCUT2D eigenvalue weighted by atomic mass is 9.76. The zero-order chi connectivity index (χ0) is 14.1. The van der Waals surface area contributed by atoms with Crippen molar-refractivity contribution in [3.05, 3.63) is 29.8 Å². The van der Waals surface area contributed by atoms with Gasteiger partial charge in [-0.25, -0.2) is 0 Å². The van der Waals surface area contributed by atoms with Crippen LogP contribution in [-0.2, 0) is 5.60 Å². The Labute approximate surface area is 110 Å². The van der Waals surface area contributed by atoms with Gasteiger partial charge in [0.2, 0.25) is 0 Å². The van der Waals surface area contributed by atoms with Crippen molar-refractivity contribution in [1.82, 2.24) is 0 Å². The molecule has 1 saturated carbocycles. The predicted octanol–water partition coefficient (Wildman–Crippen LogP) is 3.98. The van der Waals surface area contributed by atoms with E-state index in [2.05, 4.69) is 4.74 Å². The molecule has 106 valence electrons. The van der Waals surface area contributed by atoms with Gasteiger partial charge in [0.05, 0.1) is 5.60 Å². The standard InChI is InChI=1S/C14H17F3O2/c1-13(18,9-10-4-2-5-10)11-6-3-7-12(8-11)19-14(15,16)17/h3,6-8,10,18H,2,4-5,9H2,1H3. The molecule has 0 spiro atoms. The molecule has 1 fully saturated rings. The molecule has 19 heavy (non-hydrogen) atoms. The second-order valence-electron chi connectivity index (χ2n) is 5.35. The maximum absolute atomic E-state index is 12.2. The molecule has 2 nitrogen and oxygen atoms in total. The summed E-state index contributed by atoms with van der Waals surface area (Å²) in [6.45, 7) is 1.64. The van der Waals surface area contributed by atoms with E-state index in [0.29, 0.717) is 17.9 Å². The Balaban J connectivity index is 2.12. The monoisotopic (exact) mass is 274 g/mol. The number of hydrogen-bond donors (Lipinski definition) is 1. The third-order valence-electron chi connectivity index (χ3n) is 3.60. The van der Waals surface area contributed by atoms with Crippen molar-refractivity contribution < 1.29 is 23.0 Å². The molecule has 1 N–H and O–H groups in total. The quantitative estimate of drug-likeness (QED) is 0.899. The van der Waals surface area contributed by atoms with E-state index in [-0.39, 0.29) is 5.75 Å². The summed E-state index contributed by atoms with van der Waals surface area (Å²) in [6.07, 6.45) is -0.817. The van der Waals surface area contributed by atoms with Gasteiger partial charge in [0.1, 0.15) is 5.75 Å². The van der Waals surface area contributed by atoms with Gasteiger partial charge in [0.15, 0.2) is 0 Å². The summed E-state index contributed by atoms with van der Waals surface area (Å²) in [6, 6.07) is 5.58. The minimum atomic E-state index is -4.71. The highest BCUT2D eigenvalue weighted by Crippen LogP contribution is 2.38. The third kappa shape index (κ3) is 3.86. The van der Waals surface area contributed by atoms with E-state index < -0.39 is 12.0 Å². The molecule has 1 atom stereocenters. The Bertz CT molecular complexity index is 437. The average molecular weight is 274 g/mol. The summed E-state index contributed by atoms with van der Waals surface area (Å²) in [5, 5.41) is 10.4. The first-order valence-electron chi connectivity index (χ1n) is 6.35. The van der Waals surface area contributed by atoms with E-state index in [4.69, 9.17) is 0 Å². The van der Waals surface area contributed by atoms with Crippen LogP contribution < -0.4 is 4.74 Å². The molecule has 2 rings (SSSR count). The summed E-state index contributed by atoms with van der Waals surface area (Å²) >= 11 is 0. The van der Waals surface area contributed by atoms with Crippen LogP contribution in [0.4, 0.5) is 13.2 Å². The van der Waals surface area contributed by atoms with E-state index in [9.17, 15) is 18.3 Å². The second-order valence-corrected chi connectivity index (χ2v) is 5.35. The lowest BCUT2D eigenvalue weighted by molar-refractivity contribution is -0.274. The van der Waals surface area contributed by atoms with E-state index in [1.807, 2.05) is 0 Å². The van der Waals surface area contributed by atoms with Crippen molar-refractivity contribution >= 4 is 0 Å². The first-order chi connectivity index (χ1) is 8.76. The number of rotatable bonds is 4. The minimum absolute atomic E-state index is 0.293. The van der Waals surface area contributed by atoms with Crippen LogP contribution in [0, 0.1) is 5.92 Å². The van der Waals surface area contributed by atoms with Crippen molar-refractivity contribution in [2.45, 2.75) is 44.6 Å². The first kappa shape index (κ1) is 14.2. The van der Waals surface area contributed by atoms with Crippen LogP contribution in [-0.4, -0.2) is 11.5 Å². The normalized spacial score (nSPS) is 19.6. The van der Waals surface area contributed by atoms with E-state index in [1.54, 1.807) is 13.0 Å². The molecule has 1 unspecified atom stereocenters. The second kappa shape index (κ2) is 5.04. The molecule has 1 aromatic carbocycles. The van der Waals surface area contributed by atoms with Crippen molar-refractivity contribution in [1.29, 1.82) is 0 Å².